The van der Waals surface area contributed by atoms with Crippen molar-refractivity contribution >= 4 is 17.2 Å². The summed E-state index contributed by atoms with van der Waals surface area (Å²) < 4.78 is 14.0. The fourth-order valence-electron chi connectivity index (χ4n) is 2.34. The largest absolute Gasteiger partial charge is 0.391 e. The lowest BCUT2D eigenvalue weighted by molar-refractivity contribution is 0.610. The number of hydrogen-bond acceptors (Lipinski definition) is 5. The molecule has 0 aromatic carbocycles. The highest BCUT2D eigenvalue weighted by atomic mass is 19.1. The summed E-state index contributed by atoms with van der Waals surface area (Å²) in [6, 6.07) is 0. The van der Waals surface area contributed by atoms with Gasteiger partial charge in [-0.1, -0.05) is 19.9 Å². The molecule has 3 N–H and O–H groups in total. The molecular weight excluding hydrogens is 281 g/mol. The van der Waals surface area contributed by atoms with Gasteiger partial charge in [-0.2, -0.15) is 0 Å². The van der Waals surface area contributed by atoms with Crippen molar-refractivity contribution < 1.29 is 4.39 Å². The van der Waals surface area contributed by atoms with E-state index in [1.807, 2.05) is 20.9 Å². The number of aromatic nitrogens is 2. The molecule has 2 rings (SSSR count). The fourth-order valence-corrected chi connectivity index (χ4v) is 2.34. The maximum Gasteiger partial charge on any atom is 0.223 e. The predicted octanol–water partition coefficient (Wildman–Crippen LogP) is 2.76. The summed E-state index contributed by atoms with van der Waals surface area (Å²) >= 11 is 0. The number of hydrogen-bond donors (Lipinski definition) is 3. The smallest absolute Gasteiger partial charge is 0.223 e. The van der Waals surface area contributed by atoms with Crippen LogP contribution in [-0.2, 0) is 0 Å². The third-order valence-corrected chi connectivity index (χ3v) is 3.40. The molecule has 1 aliphatic carbocycles. The Bertz CT molecular complexity index is 686. The van der Waals surface area contributed by atoms with Crippen LogP contribution in [0, 0.1) is 17.1 Å². The molecule has 0 aliphatic heterocycles. The number of allylic oxidation sites excluding steroid dienone is 6. The molecular formula is C16H20FN5. The Morgan fingerprint density at radius 1 is 1.27 bits per heavy atom. The first kappa shape index (κ1) is 15.9. The van der Waals surface area contributed by atoms with E-state index in [9.17, 15) is 4.39 Å². The van der Waals surface area contributed by atoms with Gasteiger partial charge in [0.25, 0.3) is 0 Å². The third kappa shape index (κ3) is 3.05. The first-order chi connectivity index (χ1) is 10.5. The van der Waals surface area contributed by atoms with Crippen molar-refractivity contribution in [2.75, 3.05) is 19.4 Å². The molecule has 1 aromatic heterocycles. The topological polar surface area (TPSA) is 73.7 Å². The molecule has 0 saturated carbocycles. The van der Waals surface area contributed by atoms with Gasteiger partial charge in [-0.25, -0.2) is 14.4 Å². The van der Waals surface area contributed by atoms with E-state index in [1.54, 1.807) is 25.3 Å². The molecule has 0 saturated heterocycles. The van der Waals surface area contributed by atoms with Crippen molar-refractivity contribution in [3.05, 3.63) is 47.2 Å². The number of halogens is 1. The first-order valence-electron chi connectivity index (χ1n) is 7.09. The molecule has 0 unspecified atom stereocenters. The van der Waals surface area contributed by atoms with Crippen LogP contribution in [0.2, 0.25) is 0 Å². The molecule has 0 atom stereocenters. The van der Waals surface area contributed by atoms with Crippen molar-refractivity contribution in [3.8, 4) is 0 Å². The minimum atomic E-state index is -0.488. The lowest BCUT2D eigenvalue weighted by Gasteiger charge is -2.19. The van der Waals surface area contributed by atoms with Crippen LogP contribution < -0.4 is 10.6 Å². The van der Waals surface area contributed by atoms with E-state index in [-0.39, 0.29) is 11.6 Å². The predicted molar refractivity (Wildman–Crippen MR) is 87.3 cm³/mol. The van der Waals surface area contributed by atoms with Gasteiger partial charge in [0.15, 0.2) is 5.82 Å². The van der Waals surface area contributed by atoms with Crippen LogP contribution >= 0.6 is 0 Å². The fraction of sp³-hybridized carbons (Fsp3) is 0.312. The average Bonchev–Trinajstić information content (AvgIpc) is 2.50. The van der Waals surface area contributed by atoms with E-state index in [0.29, 0.717) is 17.2 Å². The van der Waals surface area contributed by atoms with Gasteiger partial charge < -0.3 is 16.0 Å². The van der Waals surface area contributed by atoms with Crippen molar-refractivity contribution in [2.24, 2.45) is 5.92 Å². The lowest BCUT2D eigenvalue weighted by Crippen LogP contribution is -2.18. The summed E-state index contributed by atoms with van der Waals surface area (Å²) in [5.74, 6) is 0.0975. The van der Waals surface area contributed by atoms with E-state index < -0.39 is 5.82 Å². The highest BCUT2D eigenvalue weighted by molar-refractivity contribution is 6.13. The summed E-state index contributed by atoms with van der Waals surface area (Å²) in [7, 11) is 3.51. The van der Waals surface area contributed by atoms with Crippen LogP contribution in [0.15, 0.2) is 35.7 Å². The normalized spacial score (nSPS) is 16.6. The van der Waals surface area contributed by atoms with Crippen molar-refractivity contribution in [3.63, 3.8) is 0 Å². The maximum absolute atomic E-state index is 14.0. The number of nitrogens with zero attached hydrogens (tertiary/aromatic N) is 2. The van der Waals surface area contributed by atoms with Crippen LogP contribution in [-0.4, -0.2) is 29.8 Å². The van der Waals surface area contributed by atoms with Gasteiger partial charge in [0.2, 0.25) is 5.95 Å². The lowest BCUT2D eigenvalue weighted by atomic mass is 9.93. The summed E-state index contributed by atoms with van der Waals surface area (Å²) in [5, 5.41) is 14.0. The number of anilines is 1. The average molecular weight is 301 g/mol. The van der Waals surface area contributed by atoms with Crippen LogP contribution in [0.4, 0.5) is 10.3 Å². The summed E-state index contributed by atoms with van der Waals surface area (Å²) in [4.78, 5) is 8.02. The third-order valence-electron chi connectivity index (χ3n) is 3.40. The van der Waals surface area contributed by atoms with Crippen LogP contribution in [0.25, 0.3) is 5.57 Å². The van der Waals surface area contributed by atoms with Gasteiger partial charge in [-0.05, 0) is 18.1 Å². The van der Waals surface area contributed by atoms with Gasteiger partial charge >= 0.3 is 0 Å². The monoisotopic (exact) mass is 301 g/mol. The Labute approximate surface area is 129 Å². The van der Waals surface area contributed by atoms with E-state index in [4.69, 9.17) is 5.41 Å². The van der Waals surface area contributed by atoms with Crippen molar-refractivity contribution in [1.29, 1.82) is 5.41 Å². The molecule has 22 heavy (non-hydrogen) atoms. The Balaban J connectivity index is 2.57. The highest BCUT2D eigenvalue weighted by Gasteiger charge is 2.18. The minimum Gasteiger partial charge on any atom is -0.391 e. The van der Waals surface area contributed by atoms with E-state index in [0.717, 1.165) is 17.5 Å². The van der Waals surface area contributed by atoms with E-state index in [1.165, 1.54) is 0 Å². The minimum absolute atomic E-state index is 0.222. The first-order valence-corrected chi connectivity index (χ1v) is 7.09. The Morgan fingerprint density at radius 3 is 2.59 bits per heavy atom. The molecule has 0 radical (unpaired) electrons. The number of nitrogens with one attached hydrogen (secondary N) is 3. The second kappa shape index (κ2) is 6.51. The second-order valence-corrected chi connectivity index (χ2v) is 5.22. The Hall–Kier alpha value is -2.50. The van der Waals surface area contributed by atoms with E-state index in [2.05, 4.69) is 20.6 Å². The van der Waals surface area contributed by atoms with Crippen molar-refractivity contribution in [2.45, 2.75) is 13.8 Å². The van der Waals surface area contributed by atoms with E-state index >= 15 is 0 Å². The van der Waals surface area contributed by atoms with Gasteiger partial charge in [0.05, 0.1) is 11.9 Å². The second-order valence-electron chi connectivity index (χ2n) is 5.22. The molecule has 1 aliphatic rings. The summed E-state index contributed by atoms with van der Waals surface area (Å²) in [6.07, 6.45) is 6.29. The molecule has 1 aromatic rings. The molecule has 116 valence electrons. The van der Waals surface area contributed by atoms with Gasteiger partial charge in [0.1, 0.15) is 5.69 Å². The van der Waals surface area contributed by atoms with Gasteiger partial charge in [0, 0.05) is 30.9 Å². The van der Waals surface area contributed by atoms with Crippen LogP contribution in [0.1, 0.15) is 19.5 Å². The molecule has 0 amide bonds. The Kier molecular flexibility index (Phi) is 4.70. The maximum atomic E-state index is 14.0. The SMILES string of the molecule is CN/C(=C1/C=C(c2nc(NC)ncc2F)C=CC1=N)C(C)C. The van der Waals surface area contributed by atoms with Gasteiger partial charge in [-0.3, -0.25) is 0 Å². The summed E-state index contributed by atoms with van der Waals surface area (Å²) in [5.41, 5.74) is 2.93. The molecule has 6 heteroatoms. The van der Waals surface area contributed by atoms with Crippen LogP contribution in [0.3, 0.4) is 0 Å². The standard InChI is InChI=1S/C16H20FN5/c1-9(2)14(19-3)11-7-10(5-6-13(11)18)15-12(17)8-21-16(20-4)22-15/h5-9,18-19H,1-4H3,(H,20,21,22)/b14-11-,18-13?. The zero-order valence-electron chi connectivity index (χ0n) is 13.2. The molecule has 0 bridgehead atoms. The number of rotatable bonds is 4. The Morgan fingerprint density at radius 2 is 2.00 bits per heavy atom. The molecule has 5 nitrogen and oxygen atoms in total. The zero-order valence-corrected chi connectivity index (χ0v) is 13.2. The highest BCUT2D eigenvalue weighted by Crippen LogP contribution is 2.26. The van der Waals surface area contributed by atoms with Crippen LogP contribution in [0.5, 0.6) is 0 Å². The van der Waals surface area contributed by atoms with Crippen molar-refractivity contribution in [1.82, 2.24) is 15.3 Å². The van der Waals surface area contributed by atoms with Gasteiger partial charge in [-0.15, -0.1) is 0 Å². The molecule has 0 fully saturated rings. The quantitative estimate of drug-likeness (QED) is 0.799. The zero-order chi connectivity index (χ0) is 16.3. The summed E-state index contributed by atoms with van der Waals surface area (Å²) in [6.45, 7) is 4.09. The molecule has 1 heterocycles. The molecule has 0 spiro atoms.